The number of alkyl halides is 4. The van der Waals surface area contributed by atoms with Crippen LogP contribution in [0.2, 0.25) is 0 Å². The first-order valence-electron chi connectivity index (χ1n) is 6.45. The van der Waals surface area contributed by atoms with Crippen molar-refractivity contribution < 1.29 is 22.7 Å². The number of amides is 1. The maximum Gasteiger partial charge on any atom is 0.392 e. The molecule has 1 amide bonds. The fourth-order valence-electron chi connectivity index (χ4n) is 2.37. The highest BCUT2D eigenvalue weighted by Gasteiger charge is 2.47. The van der Waals surface area contributed by atoms with Gasteiger partial charge in [-0.1, -0.05) is 28.8 Å². The van der Waals surface area contributed by atoms with Crippen LogP contribution in [0.4, 0.5) is 13.2 Å². The summed E-state index contributed by atoms with van der Waals surface area (Å²) >= 11 is 3.19. The molecule has 0 radical (unpaired) electrons. The number of rotatable bonds is 6. The summed E-state index contributed by atoms with van der Waals surface area (Å²) in [5.74, 6) is -2.93. The van der Waals surface area contributed by atoms with Gasteiger partial charge in [0.1, 0.15) is 0 Å². The molecule has 2 atom stereocenters. The Kier molecular flexibility index (Phi) is 7.13. The number of nitrogens with one attached hydrogen (secondary N) is 1. The zero-order valence-corrected chi connectivity index (χ0v) is 12.2. The predicted octanol–water partition coefficient (Wildman–Crippen LogP) is 2.88. The first-order chi connectivity index (χ1) is 8.96. The molecule has 19 heavy (non-hydrogen) atoms. The lowest BCUT2D eigenvalue weighted by Crippen LogP contribution is -2.43. The van der Waals surface area contributed by atoms with Crippen LogP contribution in [0.3, 0.4) is 0 Å². The SMILES string of the molecule is O=C(NCCOCCBr)C1CCCCC1C(F)(F)F. The second-order valence-electron chi connectivity index (χ2n) is 4.63. The van der Waals surface area contributed by atoms with E-state index in [9.17, 15) is 18.0 Å². The van der Waals surface area contributed by atoms with Crippen molar-refractivity contribution in [1.29, 1.82) is 0 Å². The van der Waals surface area contributed by atoms with Gasteiger partial charge in [0.05, 0.1) is 19.1 Å². The Morgan fingerprint density at radius 3 is 2.58 bits per heavy atom. The average molecular weight is 346 g/mol. The highest BCUT2D eigenvalue weighted by molar-refractivity contribution is 9.09. The quantitative estimate of drug-likeness (QED) is 0.593. The molecule has 7 heteroatoms. The standard InChI is InChI=1S/C12H19BrF3NO2/c13-5-7-19-8-6-17-11(18)9-3-1-2-4-10(9)12(14,15)16/h9-10H,1-8H2,(H,17,18). The summed E-state index contributed by atoms with van der Waals surface area (Å²) in [7, 11) is 0. The van der Waals surface area contributed by atoms with Gasteiger partial charge in [0.25, 0.3) is 0 Å². The molecule has 0 aliphatic heterocycles. The van der Waals surface area contributed by atoms with Crippen LogP contribution in [0, 0.1) is 11.8 Å². The van der Waals surface area contributed by atoms with Crippen molar-refractivity contribution in [3.63, 3.8) is 0 Å². The van der Waals surface area contributed by atoms with E-state index < -0.39 is 23.9 Å². The fraction of sp³-hybridized carbons (Fsp3) is 0.917. The van der Waals surface area contributed by atoms with Crippen molar-refractivity contribution in [2.75, 3.05) is 25.1 Å². The summed E-state index contributed by atoms with van der Waals surface area (Å²) < 4.78 is 43.6. The highest BCUT2D eigenvalue weighted by Crippen LogP contribution is 2.41. The molecule has 0 saturated heterocycles. The molecule has 0 aromatic rings. The third-order valence-electron chi connectivity index (χ3n) is 3.29. The number of hydrogen-bond donors (Lipinski definition) is 1. The predicted molar refractivity (Wildman–Crippen MR) is 69.1 cm³/mol. The van der Waals surface area contributed by atoms with E-state index in [1.54, 1.807) is 0 Å². The summed E-state index contributed by atoms with van der Waals surface area (Å²) in [6, 6.07) is 0. The van der Waals surface area contributed by atoms with Gasteiger partial charge in [-0.2, -0.15) is 13.2 Å². The molecule has 112 valence electrons. The molecule has 3 nitrogen and oxygen atoms in total. The number of ether oxygens (including phenoxy) is 1. The van der Waals surface area contributed by atoms with Gasteiger partial charge in [-0.05, 0) is 12.8 Å². The Bertz CT molecular complexity index is 287. The molecule has 0 aromatic heterocycles. The first kappa shape index (κ1) is 16.8. The number of carbonyl (C=O) groups excluding carboxylic acids is 1. The summed E-state index contributed by atoms with van der Waals surface area (Å²) in [4.78, 5) is 11.8. The molecular formula is C12H19BrF3NO2. The molecule has 0 heterocycles. The highest BCUT2D eigenvalue weighted by atomic mass is 79.9. The molecular weight excluding hydrogens is 327 g/mol. The van der Waals surface area contributed by atoms with Crippen LogP contribution in [-0.4, -0.2) is 37.2 Å². The zero-order chi connectivity index (χ0) is 14.3. The summed E-state index contributed by atoms with van der Waals surface area (Å²) in [6.07, 6.45) is -2.68. The van der Waals surface area contributed by atoms with Crippen molar-refractivity contribution in [2.24, 2.45) is 11.8 Å². The van der Waals surface area contributed by atoms with E-state index in [1.165, 1.54) is 0 Å². The minimum atomic E-state index is -4.28. The van der Waals surface area contributed by atoms with E-state index in [0.717, 1.165) is 0 Å². The van der Waals surface area contributed by atoms with Crippen molar-refractivity contribution >= 4 is 21.8 Å². The molecule has 0 bridgehead atoms. The van der Waals surface area contributed by atoms with Crippen LogP contribution in [0.1, 0.15) is 25.7 Å². The van der Waals surface area contributed by atoms with Crippen molar-refractivity contribution in [3.8, 4) is 0 Å². The van der Waals surface area contributed by atoms with E-state index >= 15 is 0 Å². The number of carbonyl (C=O) groups is 1. The minimum absolute atomic E-state index is 0.0572. The third-order valence-corrected chi connectivity index (χ3v) is 3.61. The Balaban J connectivity index is 2.40. The van der Waals surface area contributed by atoms with Gasteiger partial charge in [-0.3, -0.25) is 4.79 Å². The van der Waals surface area contributed by atoms with E-state index in [4.69, 9.17) is 4.74 Å². The van der Waals surface area contributed by atoms with E-state index in [2.05, 4.69) is 21.2 Å². The molecule has 1 fully saturated rings. The number of hydrogen-bond acceptors (Lipinski definition) is 2. The fourth-order valence-corrected chi connectivity index (χ4v) is 2.60. The van der Waals surface area contributed by atoms with Gasteiger partial charge >= 0.3 is 6.18 Å². The lowest BCUT2D eigenvalue weighted by molar-refractivity contribution is -0.198. The summed E-state index contributed by atoms with van der Waals surface area (Å²) in [5, 5.41) is 3.23. The molecule has 1 aliphatic rings. The van der Waals surface area contributed by atoms with E-state index in [-0.39, 0.29) is 13.0 Å². The molecule has 1 rings (SSSR count). The molecule has 1 N–H and O–H groups in total. The normalized spacial score (nSPS) is 24.2. The second kappa shape index (κ2) is 8.09. The number of halogens is 4. The molecule has 1 saturated carbocycles. The van der Waals surface area contributed by atoms with Crippen molar-refractivity contribution in [2.45, 2.75) is 31.9 Å². The van der Waals surface area contributed by atoms with Gasteiger partial charge < -0.3 is 10.1 Å². The van der Waals surface area contributed by atoms with E-state index in [1.807, 2.05) is 0 Å². The Hall–Kier alpha value is -0.300. The lowest BCUT2D eigenvalue weighted by atomic mass is 9.78. The van der Waals surface area contributed by atoms with Gasteiger partial charge in [0.2, 0.25) is 5.91 Å². The van der Waals surface area contributed by atoms with Crippen molar-refractivity contribution in [1.82, 2.24) is 5.32 Å². The monoisotopic (exact) mass is 345 g/mol. The molecule has 2 unspecified atom stereocenters. The summed E-state index contributed by atoms with van der Waals surface area (Å²) in [6.45, 7) is 1.10. The van der Waals surface area contributed by atoms with Gasteiger partial charge in [0.15, 0.2) is 0 Å². The Morgan fingerprint density at radius 2 is 1.95 bits per heavy atom. The maximum atomic E-state index is 12.8. The van der Waals surface area contributed by atoms with Crippen LogP contribution in [0.5, 0.6) is 0 Å². The van der Waals surface area contributed by atoms with Crippen LogP contribution in [0.15, 0.2) is 0 Å². The topological polar surface area (TPSA) is 38.3 Å². The average Bonchev–Trinajstić information content (AvgIpc) is 2.37. The van der Waals surface area contributed by atoms with Crippen LogP contribution < -0.4 is 5.32 Å². The molecule has 0 spiro atoms. The minimum Gasteiger partial charge on any atom is -0.379 e. The van der Waals surface area contributed by atoms with Crippen LogP contribution >= 0.6 is 15.9 Å². The van der Waals surface area contributed by atoms with Crippen molar-refractivity contribution in [3.05, 3.63) is 0 Å². The lowest BCUT2D eigenvalue weighted by Gasteiger charge is -2.31. The van der Waals surface area contributed by atoms with Crippen LogP contribution in [-0.2, 0) is 9.53 Å². The summed E-state index contributed by atoms with van der Waals surface area (Å²) in [5.41, 5.74) is 0. The zero-order valence-electron chi connectivity index (χ0n) is 10.6. The van der Waals surface area contributed by atoms with Gasteiger partial charge in [-0.25, -0.2) is 0 Å². The second-order valence-corrected chi connectivity index (χ2v) is 5.42. The Labute approximate surface area is 119 Å². The molecule has 1 aliphatic carbocycles. The Morgan fingerprint density at radius 1 is 1.26 bits per heavy atom. The third kappa shape index (κ3) is 5.69. The molecule has 0 aromatic carbocycles. The van der Waals surface area contributed by atoms with Gasteiger partial charge in [-0.15, -0.1) is 0 Å². The first-order valence-corrected chi connectivity index (χ1v) is 7.57. The van der Waals surface area contributed by atoms with Crippen LogP contribution in [0.25, 0.3) is 0 Å². The largest absolute Gasteiger partial charge is 0.392 e. The van der Waals surface area contributed by atoms with E-state index in [0.29, 0.717) is 37.8 Å². The maximum absolute atomic E-state index is 12.8. The smallest absolute Gasteiger partial charge is 0.379 e. The van der Waals surface area contributed by atoms with Gasteiger partial charge in [0, 0.05) is 17.8 Å².